The molecule has 1 fully saturated rings. The Labute approximate surface area is 208 Å². The topological polar surface area (TPSA) is 107 Å². The molecule has 35 heavy (non-hydrogen) atoms. The van der Waals surface area contributed by atoms with Gasteiger partial charge in [0.1, 0.15) is 17.5 Å². The fourth-order valence-electron chi connectivity index (χ4n) is 4.64. The van der Waals surface area contributed by atoms with Crippen LogP contribution in [0.25, 0.3) is 44.9 Å². The summed E-state index contributed by atoms with van der Waals surface area (Å²) in [7, 11) is 0. The highest BCUT2D eigenvalue weighted by Crippen LogP contribution is 2.41. The van der Waals surface area contributed by atoms with Gasteiger partial charge in [-0.3, -0.25) is 5.10 Å². The van der Waals surface area contributed by atoms with Crippen LogP contribution < -0.4 is 10.2 Å². The summed E-state index contributed by atoms with van der Waals surface area (Å²) in [4.78, 5) is 7.14. The van der Waals surface area contributed by atoms with Crippen molar-refractivity contribution in [1.29, 1.82) is 5.26 Å². The van der Waals surface area contributed by atoms with Crippen molar-refractivity contribution in [2.75, 3.05) is 31.1 Å². The summed E-state index contributed by atoms with van der Waals surface area (Å²) < 4.78 is 11.2. The van der Waals surface area contributed by atoms with Gasteiger partial charge in [0.15, 0.2) is 11.4 Å². The van der Waals surface area contributed by atoms with E-state index in [0.717, 1.165) is 48.3 Å². The average molecular weight is 487 g/mol. The first kappa shape index (κ1) is 22.7. The zero-order chi connectivity index (χ0) is 23.1. The number of rotatable bonds is 4. The molecule has 0 aliphatic carbocycles. The van der Waals surface area contributed by atoms with Gasteiger partial charge in [0.25, 0.3) is 0 Å². The van der Waals surface area contributed by atoms with Crippen molar-refractivity contribution in [2.45, 2.75) is 6.92 Å². The van der Waals surface area contributed by atoms with E-state index in [0.29, 0.717) is 34.1 Å². The predicted octanol–water partition coefficient (Wildman–Crippen LogP) is 5.16. The van der Waals surface area contributed by atoms with Crippen LogP contribution in [0, 0.1) is 18.3 Å². The van der Waals surface area contributed by atoms with Crippen molar-refractivity contribution in [3.63, 3.8) is 0 Å². The molecule has 8 nitrogen and oxygen atoms in total. The molecule has 0 radical (unpaired) electrons. The number of furan rings is 2. The molecule has 6 rings (SSSR count). The van der Waals surface area contributed by atoms with Gasteiger partial charge in [-0.25, -0.2) is 4.98 Å². The number of piperazine rings is 1. The van der Waals surface area contributed by atoms with Crippen LogP contribution in [0.1, 0.15) is 11.3 Å². The van der Waals surface area contributed by atoms with E-state index in [1.165, 1.54) is 5.69 Å². The molecule has 1 aliphatic rings. The number of nitrogens with one attached hydrogen (secondary N) is 2. The molecule has 9 heteroatoms. The third-order valence-corrected chi connectivity index (χ3v) is 6.33. The van der Waals surface area contributed by atoms with Crippen molar-refractivity contribution in [3.05, 3.63) is 66.3 Å². The van der Waals surface area contributed by atoms with E-state index >= 15 is 0 Å². The number of benzene rings is 1. The Morgan fingerprint density at radius 1 is 1.03 bits per heavy atom. The van der Waals surface area contributed by atoms with Crippen molar-refractivity contribution in [3.8, 4) is 39.9 Å². The van der Waals surface area contributed by atoms with Gasteiger partial charge in [0.05, 0.1) is 29.2 Å². The Morgan fingerprint density at radius 3 is 2.49 bits per heavy atom. The van der Waals surface area contributed by atoms with Crippen LogP contribution in [0.15, 0.2) is 63.8 Å². The summed E-state index contributed by atoms with van der Waals surface area (Å²) in [5, 5.41) is 22.0. The molecule has 0 amide bonds. The molecule has 2 N–H and O–H groups in total. The highest BCUT2D eigenvalue weighted by atomic mass is 35.5. The second-order valence-electron chi connectivity index (χ2n) is 8.27. The largest absolute Gasteiger partial charge is 0.469 e. The number of nitriles is 1. The van der Waals surface area contributed by atoms with E-state index in [1.807, 2.05) is 25.1 Å². The molecule has 1 aliphatic heterocycles. The molecule has 0 bridgehead atoms. The molecule has 4 aromatic heterocycles. The van der Waals surface area contributed by atoms with Crippen LogP contribution in [0.2, 0.25) is 0 Å². The second-order valence-corrected chi connectivity index (χ2v) is 8.27. The first-order chi connectivity index (χ1) is 16.7. The third-order valence-electron chi connectivity index (χ3n) is 6.33. The van der Waals surface area contributed by atoms with Crippen LogP contribution in [0.4, 0.5) is 5.69 Å². The van der Waals surface area contributed by atoms with Gasteiger partial charge in [0.2, 0.25) is 0 Å². The standard InChI is InChI=1S/C26H22N6O2.ClH/c1-16-19(8-14-33-16)24-20(15-27)22(17-4-6-18(7-5-17)32-11-9-28-10-12-32)23-25(21-3-2-13-34-21)30-31-26(23)29-24;/h2-8,13-14,28H,9-12H2,1H3,(H,29,30,31);1H. The zero-order valence-electron chi connectivity index (χ0n) is 19.0. The van der Waals surface area contributed by atoms with E-state index in [2.05, 4.69) is 50.7 Å². The van der Waals surface area contributed by atoms with Crippen molar-refractivity contribution >= 4 is 29.1 Å². The molecule has 0 spiro atoms. The van der Waals surface area contributed by atoms with Crippen LogP contribution in [-0.4, -0.2) is 41.4 Å². The van der Waals surface area contributed by atoms with Gasteiger partial charge in [-0.2, -0.15) is 10.4 Å². The molecule has 0 atom stereocenters. The number of H-pyrrole nitrogens is 1. The molecule has 0 saturated carbocycles. The zero-order valence-corrected chi connectivity index (χ0v) is 19.9. The van der Waals surface area contributed by atoms with Gasteiger partial charge in [-0.15, -0.1) is 12.4 Å². The fraction of sp³-hybridized carbons (Fsp3) is 0.192. The van der Waals surface area contributed by atoms with Gasteiger partial charge in [-0.1, -0.05) is 12.1 Å². The van der Waals surface area contributed by atoms with Crippen LogP contribution in [-0.2, 0) is 0 Å². The highest BCUT2D eigenvalue weighted by Gasteiger charge is 2.25. The van der Waals surface area contributed by atoms with Crippen LogP contribution >= 0.6 is 12.4 Å². The van der Waals surface area contributed by atoms with E-state index in [9.17, 15) is 5.26 Å². The monoisotopic (exact) mass is 486 g/mol. The van der Waals surface area contributed by atoms with E-state index in [-0.39, 0.29) is 12.4 Å². The number of aryl methyl sites for hydroxylation is 1. The molecule has 1 saturated heterocycles. The Morgan fingerprint density at radius 2 is 1.83 bits per heavy atom. The summed E-state index contributed by atoms with van der Waals surface area (Å²) in [5.74, 6) is 1.34. The summed E-state index contributed by atoms with van der Waals surface area (Å²) in [6, 6.07) is 16.3. The van der Waals surface area contributed by atoms with Gasteiger partial charge in [0, 0.05) is 43.0 Å². The minimum atomic E-state index is 0. The van der Waals surface area contributed by atoms with Crippen molar-refractivity contribution < 1.29 is 8.83 Å². The van der Waals surface area contributed by atoms with Crippen molar-refractivity contribution in [1.82, 2.24) is 20.5 Å². The number of aromatic nitrogens is 3. The number of pyridine rings is 1. The predicted molar refractivity (Wildman–Crippen MR) is 137 cm³/mol. The number of hydrogen-bond acceptors (Lipinski definition) is 7. The maximum Gasteiger partial charge on any atom is 0.182 e. The summed E-state index contributed by atoms with van der Waals surface area (Å²) in [6.07, 6.45) is 3.23. The lowest BCUT2D eigenvalue weighted by atomic mass is 9.93. The Kier molecular flexibility index (Phi) is 6.03. The van der Waals surface area contributed by atoms with Gasteiger partial charge >= 0.3 is 0 Å². The lowest BCUT2D eigenvalue weighted by molar-refractivity contribution is 0.535. The number of aromatic amines is 1. The molecule has 5 aromatic rings. The number of nitrogens with zero attached hydrogens (tertiary/aromatic N) is 4. The summed E-state index contributed by atoms with van der Waals surface area (Å²) in [5.41, 5.74) is 5.87. The quantitative estimate of drug-likeness (QED) is 0.361. The van der Waals surface area contributed by atoms with E-state index in [1.54, 1.807) is 12.5 Å². The lowest BCUT2D eigenvalue weighted by Gasteiger charge is -2.29. The van der Waals surface area contributed by atoms with E-state index < -0.39 is 0 Å². The molecular formula is C26H23ClN6O2. The average Bonchev–Trinajstić information content (AvgIpc) is 3.64. The normalized spacial score (nSPS) is 13.5. The summed E-state index contributed by atoms with van der Waals surface area (Å²) in [6.45, 7) is 5.75. The molecule has 5 heterocycles. The second kappa shape index (κ2) is 9.29. The van der Waals surface area contributed by atoms with Crippen molar-refractivity contribution in [2.24, 2.45) is 0 Å². The van der Waals surface area contributed by atoms with E-state index in [4.69, 9.17) is 13.8 Å². The Hall–Kier alpha value is -4.06. The summed E-state index contributed by atoms with van der Waals surface area (Å²) >= 11 is 0. The Balaban J connectivity index is 0.00000253. The highest BCUT2D eigenvalue weighted by molar-refractivity contribution is 6.06. The smallest absolute Gasteiger partial charge is 0.182 e. The molecular weight excluding hydrogens is 464 g/mol. The molecule has 176 valence electrons. The number of hydrogen-bond donors (Lipinski definition) is 2. The Bertz CT molecular complexity index is 1510. The first-order valence-electron chi connectivity index (χ1n) is 11.2. The number of halogens is 1. The van der Waals surface area contributed by atoms with Crippen LogP contribution in [0.5, 0.6) is 0 Å². The minimum absolute atomic E-state index is 0. The minimum Gasteiger partial charge on any atom is -0.469 e. The first-order valence-corrected chi connectivity index (χ1v) is 11.2. The van der Waals surface area contributed by atoms with Gasteiger partial charge in [-0.05, 0) is 42.8 Å². The third kappa shape index (κ3) is 3.85. The maximum atomic E-state index is 10.3. The SMILES string of the molecule is Cc1occc1-c1nc2n[nH]c(-c3ccco3)c2c(-c2ccc(N3CCNCC3)cc2)c1C#N.Cl. The molecule has 1 aromatic carbocycles. The van der Waals surface area contributed by atoms with Gasteiger partial charge < -0.3 is 19.1 Å². The van der Waals surface area contributed by atoms with Crippen LogP contribution in [0.3, 0.4) is 0 Å². The number of fused-ring (bicyclic) bond motifs is 1. The fourth-order valence-corrected chi connectivity index (χ4v) is 4.64. The number of anilines is 1. The molecule has 0 unspecified atom stereocenters. The maximum absolute atomic E-state index is 10.3. The lowest BCUT2D eigenvalue weighted by Crippen LogP contribution is -2.43.